The van der Waals surface area contributed by atoms with Gasteiger partial charge in [0.25, 0.3) is 0 Å². The molecule has 3 nitrogen and oxygen atoms in total. The van der Waals surface area contributed by atoms with Gasteiger partial charge in [-0.3, -0.25) is 4.79 Å². The van der Waals surface area contributed by atoms with Gasteiger partial charge in [0.15, 0.2) is 0 Å². The van der Waals surface area contributed by atoms with Crippen molar-refractivity contribution in [2.24, 2.45) is 5.41 Å². The van der Waals surface area contributed by atoms with E-state index in [0.29, 0.717) is 11.9 Å². The number of nitrogens with zero attached hydrogens (tertiary/aromatic N) is 2. The molecule has 92 valence electrons. The van der Waals surface area contributed by atoms with Gasteiger partial charge in [0.1, 0.15) is 0 Å². The molecule has 0 saturated carbocycles. The van der Waals surface area contributed by atoms with E-state index in [-0.39, 0.29) is 5.41 Å². The summed E-state index contributed by atoms with van der Waals surface area (Å²) in [7, 11) is 2.16. The molecule has 16 heavy (non-hydrogen) atoms. The zero-order valence-corrected chi connectivity index (χ0v) is 10.8. The summed E-state index contributed by atoms with van der Waals surface area (Å²) in [4.78, 5) is 16.9. The second-order valence-electron chi connectivity index (χ2n) is 5.84. The molecule has 2 rings (SSSR count). The fourth-order valence-electron chi connectivity index (χ4n) is 3.05. The fourth-order valence-corrected chi connectivity index (χ4v) is 3.05. The summed E-state index contributed by atoms with van der Waals surface area (Å²) in [5.41, 5.74) is -0.101. The quantitative estimate of drug-likeness (QED) is 0.677. The molecule has 2 fully saturated rings. The molecule has 2 aliphatic heterocycles. The van der Waals surface area contributed by atoms with E-state index in [4.69, 9.17) is 0 Å². The summed E-state index contributed by atoms with van der Waals surface area (Å²) < 4.78 is 0. The molecule has 0 aromatic heterocycles. The van der Waals surface area contributed by atoms with E-state index in [2.05, 4.69) is 30.7 Å². The van der Waals surface area contributed by atoms with E-state index in [1.807, 2.05) is 0 Å². The SMILES string of the molecule is C[C@H]1C[C@@](C)(C(=O)N2CCCC2)CCN1C. The van der Waals surface area contributed by atoms with Gasteiger partial charge in [-0.15, -0.1) is 0 Å². The highest BCUT2D eigenvalue weighted by Gasteiger charge is 2.41. The Bertz CT molecular complexity index is 273. The first-order chi connectivity index (χ1) is 7.53. The second kappa shape index (κ2) is 4.36. The minimum Gasteiger partial charge on any atom is -0.342 e. The predicted octanol–water partition coefficient (Wildman–Crippen LogP) is 1.73. The molecule has 0 N–H and O–H groups in total. The Morgan fingerprint density at radius 1 is 1.25 bits per heavy atom. The van der Waals surface area contributed by atoms with Crippen molar-refractivity contribution in [3.05, 3.63) is 0 Å². The van der Waals surface area contributed by atoms with Gasteiger partial charge in [-0.1, -0.05) is 6.92 Å². The minimum absolute atomic E-state index is 0.101. The molecule has 0 spiro atoms. The molecule has 0 aromatic rings. The van der Waals surface area contributed by atoms with E-state index in [0.717, 1.165) is 32.5 Å². The summed E-state index contributed by atoms with van der Waals surface area (Å²) in [6.07, 6.45) is 4.41. The highest BCUT2D eigenvalue weighted by molar-refractivity contribution is 5.82. The number of carbonyl (C=O) groups excluding carboxylic acids is 1. The maximum Gasteiger partial charge on any atom is 0.228 e. The fraction of sp³-hybridized carbons (Fsp3) is 0.923. The van der Waals surface area contributed by atoms with Crippen LogP contribution in [0.2, 0.25) is 0 Å². The van der Waals surface area contributed by atoms with Crippen LogP contribution in [0.4, 0.5) is 0 Å². The van der Waals surface area contributed by atoms with Crippen LogP contribution in [-0.4, -0.2) is 48.4 Å². The third kappa shape index (κ3) is 2.10. The number of amides is 1. The van der Waals surface area contributed by atoms with Gasteiger partial charge < -0.3 is 9.80 Å². The lowest BCUT2D eigenvalue weighted by Crippen LogP contribution is -2.50. The smallest absolute Gasteiger partial charge is 0.228 e. The molecule has 0 bridgehead atoms. The molecule has 0 unspecified atom stereocenters. The first-order valence-corrected chi connectivity index (χ1v) is 6.52. The molecular weight excluding hydrogens is 200 g/mol. The number of rotatable bonds is 1. The number of hydrogen-bond donors (Lipinski definition) is 0. The lowest BCUT2D eigenvalue weighted by atomic mass is 9.76. The van der Waals surface area contributed by atoms with Crippen LogP contribution >= 0.6 is 0 Å². The van der Waals surface area contributed by atoms with Crippen LogP contribution in [0.5, 0.6) is 0 Å². The van der Waals surface area contributed by atoms with Gasteiger partial charge in [-0.25, -0.2) is 0 Å². The summed E-state index contributed by atoms with van der Waals surface area (Å²) in [6, 6.07) is 0.533. The van der Waals surface area contributed by atoms with Crippen LogP contribution in [0.15, 0.2) is 0 Å². The molecule has 1 amide bonds. The van der Waals surface area contributed by atoms with Gasteiger partial charge in [0, 0.05) is 24.5 Å². The topological polar surface area (TPSA) is 23.6 Å². The Morgan fingerprint density at radius 3 is 2.44 bits per heavy atom. The van der Waals surface area contributed by atoms with Crippen molar-refractivity contribution in [1.29, 1.82) is 0 Å². The Morgan fingerprint density at radius 2 is 1.88 bits per heavy atom. The largest absolute Gasteiger partial charge is 0.342 e. The molecule has 2 saturated heterocycles. The van der Waals surface area contributed by atoms with E-state index < -0.39 is 0 Å². The molecular formula is C13H24N2O. The maximum atomic E-state index is 12.5. The van der Waals surface area contributed by atoms with Gasteiger partial charge in [0.05, 0.1) is 0 Å². The first-order valence-electron chi connectivity index (χ1n) is 6.52. The van der Waals surface area contributed by atoms with E-state index in [1.165, 1.54) is 12.8 Å². The van der Waals surface area contributed by atoms with Crippen molar-refractivity contribution in [2.45, 2.75) is 45.6 Å². The Balaban J connectivity index is 2.03. The van der Waals surface area contributed by atoms with E-state index >= 15 is 0 Å². The monoisotopic (exact) mass is 224 g/mol. The zero-order valence-electron chi connectivity index (χ0n) is 10.8. The molecule has 3 heteroatoms. The van der Waals surface area contributed by atoms with Crippen molar-refractivity contribution in [3.8, 4) is 0 Å². The Labute approximate surface area is 98.8 Å². The van der Waals surface area contributed by atoms with Gasteiger partial charge >= 0.3 is 0 Å². The van der Waals surface area contributed by atoms with Gasteiger partial charge in [-0.2, -0.15) is 0 Å². The van der Waals surface area contributed by atoms with Gasteiger partial charge in [0.2, 0.25) is 5.91 Å². The Hall–Kier alpha value is -0.570. The lowest BCUT2D eigenvalue weighted by molar-refractivity contribution is -0.143. The standard InChI is InChI=1S/C13H24N2O/c1-11-10-13(2,6-9-14(11)3)12(16)15-7-4-5-8-15/h11H,4-10H2,1-3H3/t11-,13-/m0/s1. The van der Waals surface area contributed by atoms with E-state index in [9.17, 15) is 4.79 Å². The number of likely N-dealkylation sites (tertiary alicyclic amines) is 2. The van der Waals surface area contributed by atoms with Crippen LogP contribution in [0.25, 0.3) is 0 Å². The van der Waals surface area contributed by atoms with Crippen molar-refractivity contribution in [1.82, 2.24) is 9.80 Å². The number of hydrogen-bond acceptors (Lipinski definition) is 2. The van der Waals surface area contributed by atoms with Crippen LogP contribution in [-0.2, 0) is 4.79 Å². The third-order valence-electron chi connectivity index (χ3n) is 4.42. The van der Waals surface area contributed by atoms with Crippen molar-refractivity contribution in [3.63, 3.8) is 0 Å². The average molecular weight is 224 g/mol. The summed E-state index contributed by atoms with van der Waals surface area (Å²) in [6.45, 7) is 7.42. The van der Waals surface area contributed by atoms with Crippen molar-refractivity contribution in [2.75, 3.05) is 26.7 Å². The molecule has 0 aliphatic carbocycles. The predicted molar refractivity (Wildman–Crippen MR) is 65.2 cm³/mol. The van der Waals surface area contributed by atoms with Gasteiger partial charge in [-0.05, 0) is 46.2 Å². The molecule has 2 heterocycles. The first kappa shape index (κ1) is 11.9. The van der Waals surface area contributed by atoms with Crippen LogP contribution in [0, 0.1) is 5.41 Å². The normalized spacial score (nSPS) is 36.7. The van der Waals surface area contributed by atoms with Crippen LogP contribution in [0.1, 0.15) is 39.5 Å². The maximum absolute atomic E-state index is 12.5. The van der Waals surface area contributed by atoms with E-state index in [1.54, 1.807) is 0 Å². The lowest BCUT2D eigenvalue weighted by Gasteiger charge is -2.42. The third-order valence-corrected chi connectivity index (χ3v) is 4.42. The molecule has 2 aliphatic rings. The second-order valence-corrected chi connectivity index (χ2v) is 5.84. The molecule has 2 atom stereocenters. The average Bonchev–Trinajstić information content (AvgIpc) is 2.76. The number of carbonyl (C=O) groups is 1. The minimum atomic E-state index is -0.101. The van der Waals surface area contributed by atoms with Crippen molar-refractivity contribution >= 4 is 5.91 Å². The number of piperidine rings is 1. The molecule has 0 radical (unpaired) electrons. The molecule has 0 aromatic carbocycles. The highest BCUT2D eigenvalue weighted by atomic mass is 16.2. The summed E-state index contributed by atoms with van der Waals surface area (Å²) >= 11 is 0. The summed E-state index contributed by atoms with van der Waals surface area (Å²) in [5, 5.41) is 0. The van der Waals surface area contributed by atoms with Crippen molar-refractivity contribution < 1.29 is 4.79 Å². The zero-order chi connectivity index (χ0) is 11.8. The van der Waals surface area contributed by atoms with Crippen LogP contribution < -0.4 is 0 Å². The Kier molecular flexibility index (Phi) is 3.24. The highest BCUT2D eigenvalue weighted by Crippen LogP contribution is 2.36. The van der Waals surface area contributed by atoms with Crippen LogP contribution in [0.3, 0.4) is 0 Å². The summed E-state index contributed by atoms with van der Waals surface area (Å²) in [5.74, 6) is 0.407.